The molecule has 3 aromatic rings. The number of hydrogen-bond donors (Lipinski definition) is 0. The lowest BCUT2D eigenvalue weighted by Crippen LogP contribution is -2.32. The van der Waals surface area contributed by atoms with Gasteiger partial charge in [0.1, 0.15) is 12.4 Å². The molecular weight excluding hydrogens is 324 g/mol. The SMILES string of the molecule is CN(CCOc1ccccc1)C(=O)c1c2c(nc3ccccc13)CCC2. The van der Waals surface area contributed by atoms with Crippen molar-refractivity contribution in [3.05, 3.63) is 71.4 Å². The fourth-order valence-corrected chi connectivity index (χ4v) is 3.56. The Morgan fingerprint density at radius 3 is 2.69 bits per heavy atom. The fraction of sp³-hybridized carbons (Fsp3) is 0.273. The number of carbonyl (C=O) groups is 1. The number of hydrogen-bond acceptors (Lipinski definition) is 3. The monoisotopic (exact) mass is 346 g/mol. The van der Waals surface area contributed by atoms with Crippen molar-refractivity contribution >= 4 is 16.8 Å². The average Bonchev–Trinajstić information content (AvgIpc) is 3.14. The van der Waals surface area contributed by atoms with Gasteiger partial charge in [-0.15, -0.1) is 0 Å². The van der Waals surface area contributed by atoms with E-state index >= 15 is 0 Å². The predicted molar refractivity (Wildman–Crippen MR) is 103 cm³/mol. The van der Waals surface area contributed by atoms with E-state index in [-0.39, 0.29) is 5.91 Å². The summed E-state index contributed by atoms with van der Waals surface area (Å²) in [4.78, 5) is 19.7. The van der Waals surface area contributed by atoms with Crippen molar-refractivity contribution in [1.82, 2.24) is 9.88 Å². The molecule has 0 atom stereocenters. The highest BCUT2D eigenvalue weighted by Crippen LogP contribution is 2.30. The summed E-state index contributed by atoms with van der Waals surface area (Å²) >= 11 is 0. The molecule has 0 radical (unpaired) electrons. The summed E-state index contributed by atoms with van der Waals surface area (Å²) in [6.07, 6.45) is 2.96. The minimum absolute atomic E-state index is 0.0541. The predicted octanol–water partition coefficient (Wildman–Crippen LogP) is 3.87. The van der Waals surface area contributed by atoms with Crippen LogP contribution in [-0.2, 0) is 12.8 Å². The Hall–Kier alpha value is -2.88. The summed E-state index contributed by atoms with van der Waals surface area (Å²) < 4.78 is 5.74. The van der Waals surface area contributed by atoms with Crippen molar-refractivity contribution in [1.29, 1.82) is 0 Å². The topological polar surface area (TPSA) is 42.4 Å². The molecule has 1 amide bonds. The number of carbonyl (C=O) groups excluding carboxylic acids is 1. The average molecular weight is 346 g/mol. The number of likely N-dealkylation sites (N-methyl/N-ethyl adjacent to an activating group) is 1. The van der Waals surface area contributed by atoms with Crippen molar-refractivity contribution in [2.24, 2.45) is 0 Å². The molecule has 0 saturated carbocycles. The van der Waals surface area contributed by atoms with Crippen LogP contribution in [0.5, 0.6) is 5.75 Å². The van der Waals surface area contributed by atoms with Gasteiger partial charge in [-0.1, -0.05) is 36.4 Å². The Morgan fingerprint density at radius 2 is 1.85 bits per heavy atom. The van der Waals surface area contributed by atoms with E-state index in [9.17, 15) is 4.79 Å². The second-order valence-corrected chi connectivity index (χ2v) is 6.67. The maximum Gasteiger partial charge on any atom is 0.254 e. The van der Waals surface area contributed by atoms with E-state index in [1.165, 1.54) is 0 Å². The van der Waals surface area contributed by atoms with Crippen LogP contribution in [0.4, 0.5) is 0 Å². The van der Waals surface area contributed by atoms with E-state index in [0.29, 0.717) is 13.2 Å². The van der Waals surface area contributed by atoms with Crippen LogP contribution in [0.2, 0.25) is 0 Å². The number of fused-ring (bicyclic) bond motifs is 2. The van der Waals surface area contributed by atoms with Crippen LogP contribution in [0.15, 0.2) is 54.6 Å². The quantitative estimate of drug-likeness (QED) is 0.704. The highest BCUT2D eigenvalue weighted by molar-refractivity contribution is 6.07. The first kappa shape index (κ1) is 16.6. The number of ether oxygens (including phenoxy) is 1. The maximum absolute atomic E-state index is 13.2. The molecule has 26 heavy (non-hydrogen) atoms. The Morgan fingerprint density at radius 1 is 1.08 bits per heavy atom. The van der Waals surface area contributed by atoms with Crippen LogP contribution in [0.25, 0.3) is 10.9 Å². The van der Waals surface area contributed by atoms with E-state index in [4.69, 9.17) is 9.72 Å². The van der Waals surface area contributed by atoms with Crippen LogP contribution >= 0.6 is 0 Å². The van der Waals surface area contributed by atoms with E-state index in [2.05, 4.69) is 0 Å². The van der Waals surface area contributed by atoms with Crippen LogP contribution in [-0.4, -0.2) is 36.0 Å². The lowest BCUT2D eigenvalue weighted by molar-refractivity contribution is 0.0774. The standard InChI is InChI=1S/C22H22N2O2/c1-24(14-15-26-16-8-3-2-4-9-16)22(25)21-17-10-5-6-12-19(17)23-20-13-7-11-18(20)21/h2-6,8-10,12H,7,11,13-15H2,1H3. The number of amides is 1. The normalized spacial score (nSPS) is 12.8. The number of para-hydroxylation sites is 2. The van der Waals surface area contributed by atoms with Gasteiger partial charge in [-0.05, 0) is 43.0 Å². The van der Waals surface area contributed by atoms with Crippen LogP contribution in [0, 0.1) is 0 Å². The van der Waals surface area contributed by atoms with Gasteiger partial charge < -0.3 is 9.64 Å². The van der Waals surface area contributed by atoms with Gasteiger partial charge in [0.15, 0.2) is 0 Å². The van der Waals surface area contributed by atoms with Crippen molar-refractivity contribution in [2.75, 3.05) is 20.2 Å². The molecule has 0 N–H and O–H groups in total. The van der Waals surface area contributed by atoms with Crippen LogP contribution < -0.4 is 4.74 Å². The molecule has 0 saturated heterocycles. The van der Waals surface area contributed by atoms with Gasteiger partial charge in [-0.2, -0.15) is 0 Å². The van der Waals surface area contributed by atoms with Gasteiger partial charge in [-0.3, -0.25) is 9.78 Å². The van der Waals surface area contributed by atoms with E-state index < -0.39 is 0 Å². The summed E-state index contributed by atoms with van der Waals surface area (Å²) in [6.45, 7) is 1.01. The third-order valence-corrected chi connectivity index (χ3v) is 4.92. The molecule has 0 fully saturated rings. The molecule has 1 aromatic heterocycles. The highest BCUT2D eigenvalue weighted by Gasteiger charge is 2.25. The minimum Gasteiger partial charge on any atom is -0.492 e. The molecule has 0 aliphatic heterocycles. The zero-order valence-corrected chi connectivity index (χ0v) is 14.9. The van der Waals surface area contributed by atoms with Gasteiger partial charge in [0, 0.05) is 18.1 Å². The molecular formula is C22H22N2O2. The van der Waals surface area contributed by atoms with Crippen LogP contribution in [0.3, 0.4) is 0 Å². The number of aryl methyl sites for hydroxylation is 1. The zero-order chi connectivity index (χ0) is 17.9. The van der Waals surface area contributed by atoms with Crippen molar-refractivity contribution in [3.63, 3.8) is 0 Å². The molecule has 2 aromatic carbocycles. The minimum atomic E-state index is 0.0541. The molecule has 1 aliphatic carbocycles. The molecule has 4 nitrogen and oxygen atoms in total. The van der Waals surface area contributed by atoms with Gasteiger partial charge in [0.25, 0.3) is 5.91 Å². The van der Waals surface area contributed by atoms with E-state index in [1.807, 2.05) is 61.6 Å². The third kappa shape index (κ3) is 3.15. The Balaban J connectivity index is 1.56. The van der Waals surface area contributed by atoms with Gasteiger partial charge >= 0.3 is 0 Å². The first-order valence-electron chi connectivity index (χ1n) is 9.08. The first-order valence-corrected chi connectivity index (χ1v) is 9.08. The lowest BCUT2D eigenvalue weighted by Gasteiger charge is -2.20. The molecule has 0 bridgehead atoms. The number of rotatable bonds is 5. The summed E-state index contributed by atoms with van der Waals surface area (Å²) in [7, 11) is 1.84. The third-order valence-electron chi connectivity index (χ3n) is 4.92. The zero-order valence-electron chi connectivity index (χ0n) is 14.9. The number of benzene rings is 2. The molecule has 0 unspecified atom stereocenters. The van der Waals surface area contributed by atoms with Gasteiger partial charge in [-0.25, -0.2) is 0 Å². The lowest BCUT2D eigenvalue weighted by atomic mass is 10.00. The largest absolute Gasteiger partial charge is 0.492 e. The fourth-order valence-electron chi connectivity index (χ4n) is 3.56. The van der Waals surface area contributed by atoms with Crippen molar-refractivity contribution < 1.29 is 9.53 Å². The molecule has 1 aliphatic rings. The first-order chi connectivity index (χ1) is 12.7. The Labute approximate surface area is 153 Å². The Kier molecular flexibility index (Phi) is 4.57. The van der Waals surface area contributed by atoms with Gasteiger partial charge in [0.2, 0.25) is 0 Å². The molecule has 0 spiro atoms. The summed E-state index contributed by atoms with van der Waals surface area (Å²) in [5.74, 6) is 0.877. The molecule has 4 heteroatoms. The van der Waals surface area contributed by atoms with Crippen molar-refractivity contribution in [2.45, 2.75) is 19.3 Å². The summed E-state index contributed by atoms with van der Waals surface area (Å²) in [6, 6.07) is 17.6. The molecule has 4 rings (SSSR count). The summed E-state index contributed by atoms with van der Waals surface area (Å²) in [5, 5.41) is 0.953. The molecule has 132 valence electrons. The Bertz CT molecular complexity index is 938. The number of pyridine rings is 1. The summed E-state index contributed by atoms with van der Waals surface area (Å²) in [5.41, 5.74) is 3.95. The highest BCUT2D eigenvalue weighted by atomic mass is 16.5. The van der Waals surface area contributed by atoms with Gasteiger partial charge in [0.05, 0.1) is 17.6 Å². The number of aromatic nitrogens is 1. The smallest absolute Gasteiger partial charge is 0.254 e. The van der Waals surface area contributed by atoms with Crippen LogP contribution in [0.1, 0.15) is 28.0 Å². The molecule has 1 heterocycles. The van der Waals surface area contributed by atoms with Crippen molar-refractivity contribution in [3.8, 4) is 5.75 Å². The second kappa shape index (κ2) is 7.16. The maximum atomic E-state index is 13.2. The number of nitrogens with zero attached hydrogens (tertiary/aromatic N) is 2. The second-order valence-electron chi connectivity index (χ2n) is 6.67. The van der Waals surface area contributed by atoms with E-state index in [1.54, 1.807) is 4.90 Å². The van der Waals surface area contributed by atoms with E-state index in [0.717, 1.165) is 52.7 Å².